The molecule has 0 aromatic carbocycles. The Morgan fingerprint density at radius 2 is 2.50 bits per heavy atom. The van der Waals surface area contributed by atoms with E-state index in [9.17, 15) is 0 Å². The van der Waals surface area contributed by atoms with E-state index in [-0.39, 0.29) is 0 Å². The lowest BCUT2D eigenvalue weighted by molar-refractivity contribution is 0.203. The van der Waals surface area contributed by atoms with E-state index >= 15 is 0 Å². The quantitative estimate of drug-likeness (QED) is 0.665. The molecule has 0 unspecified atom stereocenters. The number of thiazole rings is 1. The second-order valence-corrected chi connectivity index (χ2v) is 3.41. The zero-order chi connectivity index (χ0) is 7.40. The number of hydrogen-bond acceptors (Lipinski definition) is 3. The molecular formula is C7H11NOS. The first-order valence-electron chi connectivity index (χ1n) is 3.23. The highest BCUT2D eigenvalue weighted by atomic mass is 32.1. The minimum absolute atomic E-state index is 0.793. The van der Waals surface area contributed by atoms with E-state index in [4.69, 9.17) is 4.74 Å². The maximum absolute atomic E-state index is 4.93. The van der Waals surface area contributed by atoms with Crippen LogP contribution < -0.4 is 0 Å². The number of aromatic nitrogens is 1. The predicted octanol–water partition coefficient (Wildman–Crippen LogP) is 1.64. The molecule has 0 fully saturated rings. The highest BCUT2D eigenvalue weighted by Crippen LogP contribution is 2.11. The lowest BCUT2D eigenvalue weighted by atomic mass is 10.4. The Bertz CT molecular complexity index is 197. The van der Waals surface area contributed by atoms with Crippen LogP contribution in [0.5, 0.6) is 0 Å². The molecule has 0 aliphatic carbocycles. The van der Waals surface area contributed by atoms with E-state index in [0.29, 0.717) is 0 Å². The van der Waals surface area contributed by atoms with Gasteiger partial charge in [0.1, 0.15) is 0 Å². The summed E-state index contributed by atoms with van der Waals surface area (Å²) in [6, 6.07) is 0. The van der Waals surface area contributed by atoms with Gasteiger partial charge in [0.15, 0.2) is 0 Å². The van der Waals surface area contributed by atoms with Crippen molar-refractivity contribution in [1.82, 2.24) is 4.98 Å². The maximum atomic E-state index is 4.93. The van der Waals surface area contributed by atoms with Crippen LogP contribution in [-0.2, 0) is 11.2 Å². The molecule has 3 heteroatoms. The van der Waals surface area contributed by atoms with E-state index < -0.39 is 0 Å². The van der Waals surface area contributed by atoms with Crippen molar-refractivity contribution in [1.29, 1.82) is 0 Å². The zero-order valence-corrected chi connectivity index (χ0v) is 7.07. The van der Waals surface area contributed by atoms with Crippen LogP contribution in [0.15, 0.2) is 6.20 Å². The summed E-state index contributed by atoms with van der Waals surface area (Å²) in [5.41, 5.74) is 0. The monoisotopic (exact) mass is 157 g/mol. The molecule has 2 nitrogen and oxygen atoms in total. The van der Waals surface area contributed by atoms with Crippen molar-refractivity contribution in [3.63, 3.8) is 0 Å². The lowest BCUT2D eigenvalue weighted by Crippen LogP contribution is -1.90. The summed E-state index contributed by atoms with van der Waals surface area (Å²) in [5, 5.41) is 1.13. The van der Waals surface area contributed by atoms with Gasteiger partial charge < -0.3 is 4.74 Å². The van der Waals surface area contributed by atoms with Crippen LogP contribution in [0, 0.1) is 6.92 Å². The van der Waals surface area contributed by atoms with Crippen LogP contribution in [0.1, 0.15) is 9.88 Å². The van der Waals surface area contributed by atoms with Crippen LogP contribution >= 0.6 is 11.3 Å². The van der Waals surface area contributed by atoms with Crippen molar-refractivity contribution in [3.05, 3.63) is 16.1 Å². The lowest BCUT2D eigenvalue weighted by Gasteiger charge is -1.92. The second kappa shape index (κ2) is 3.68. The molecule has 0 bridgehead atoms. The van der Waals surface area contributed by atoms with E-state index in [1.165, 1.54) is 4.88 Å². The van der Waals surface area contributed by atoms with Crippen molar-refractivity contribution < 1.29 is 4.74 Å². The average Bonchev–Trinajstić information content (AvgIpc) is 2.31. The Morgan fingerprint density at radius 1 is 1.70 bits per heavy atom. The van der Waals surface area contributed by atoms with Gasteiger partial charge in [0.05, 0.1) is 11.6 Å². The van der Waals surface area contributed by atoms with Crippen molar-refractivity contribution in [2.24, 2.45) is 0 Å². The van der Waals surface area contributed by atoms with Gasteiger partial charge in [-0.25, -0.2) is 4.98 Å². The van der Waals surface area contributed by atoms with Gasteiger partial charge in [0.2, 0.25) is 0 Å². The van der Waals surface area contributed by atoms with Crippen LogP contribution in [0.4, 0.5) is 0 Å². The Hall–Kier alpha value is -0.410. The third kappa shape index (κ3) is 2.08. The Labute approximate surface area is 64.9 Å². The fourth-order valence-electron chi connectivity index (χ4n) is 0.724. The highest BCUT2D eigenvalue weighted by molar-refractivity contribution is 7.11. The van der Waals surface area contributed by atoms with Gasteiger partial charge in [-0.15, -0.1) is 11.3 Å². The average molecular weight is 157 g/mol. The molecule has 0 aliphatic heterocycles. The van der Waals surface area contributed by atoms with Crippen LogP contribution in [0.25, 0.3) is 0 Å². The zero-order valence-electron chi connectivity index (χ0n) is 6.26. The molecular weight excluding hydrogens is 146 g/mol. The van der Waals surface area contributed by atoms with Crippen molar-refractivity contribution in [2.75, 3.05) is 13.7 Å². The number of ether oxygens (including phenoxy) is 1. The minimum atomic E-state index is 0.793. The number of hydrogen-bond donors (Lipinski definition) is 0. The molecule has 0 saturated carbocycles. The maximum Gasteiger partial charge on any atom is 0.0896 e. The smallest absolute Gasteiger partial charge is 0.0896 e. The van der Waals surface area contributed by atoms with Crippen LogP contribution in [-0.4, -0.2) is 18.7 Å². The Kier molecular flexibility index (Phi) is 2.83. The summed E-state index contributed by atoms with van der Waals surface area (Å²) in [6.45, 7) is 2.81. The summed E-state index contributed by atoms with van der Waals surface area (Å²) < 4.78 is 4.93. The molecule has 0 radical (unpaired) electrons. The molecule has 0 atom stereocenters. The summed E-state index contributed by atoms with van der Waals surface area (Å²) in [4.78, 5) is 5.44. The number of aryl methyl sites for hydroxylation is 1. The van der Waals surface area contributed by atoms with Gasteiger partial charge in [-0.3, -0.25) is 0 Å². The third-order valence-electron chi connectivity index (χ3n) is 1.22. The molecule has 56 valence electrons. The van der Waals surface area contributed by atoms with Gasteiger partial charge in [0.25, 0.3) is 0 Å². The Balaban J connectivity index is 2.42. The molecule has 1 aromatic heterocycles. The molecule has 0 N–H and O–H groups in total. The Morgan fingerprint density at radius 3 is 3.00 bits per heavy atom. The fraction of sp³-hybridized carbons (Fsp3) is 0.571. The van der Waals surface area contributed by atoms with Gasteiger partial charge in [0, 0.05) is 24.6 Å². The van der Waals surface area contributed by atoms with Crippen LogP contribution in [0.2, 0.25) is 0 Å². The van der Waals surface area contributed by atoms with Gasteiger partial charge >= 0.3 is 0 Å². The fourth-order valence-corrected chi connectivity index (χ4v) is 1.50. The number of methoxy groups -OCH3 is 1. The molecule has 1 aromatic rings. The molecule has 1 rings (SSSR count). The highest BCUT2D eigenvalue weighted by Gasteiger charge is 1.95. The molecule has 0 aliphatic rings. The van der Waals surface area contributed by atoms with E-state index in [1.807, 2.05) is 13.1 Å². The number of nitrogens with zero attached hydrogens (tertiary/aromatic N) is 1. The molecule has 10 heavy (non-hydrogen) atoms. The minimum Gasteiger partial charge on any atom is -0.384 e. The summed E-state index contributed by atoms with van der Waals surface area (Å²) in [6.07, 6.45) is 2.90. The van der Waals surface area contributed by atoms with Gasteiger partial charge in [-0.2, -0.15) is 0 Å². The molecule has 0 amide bonds. The van der Waals surface area contributed by atoms with E-state index in [1.54, 1.807) is 18.4 Å². The topological polar surface area (TPSA) is 22.1 Å². The normalized spacial score (nSPS) is 10.2. The largest absolute Gasteiger partial charge is 0.384 e. The van der Waals surface area contributed by atoms with Crippen molar-refractivity contribution in [2.45, 2.75) is 13.3 Å². The summed E-state index contributed by atoms with van der Waals surface area (Å²) in [5.74, 6) is 0. The van der Waals surface area contributed by atoms with Crippen molar-refractivity contribution in [3.8, 4) is 0 Å². The first kappa shape index (κ1) is 7.69. The number of rotatable bonds is 3. The van der Waals surface area contributed by atoms with E-state index in [0.717, 1.165) is 18.0 Å². The van der Waals surface area contributed by atoms with Gasteiger partial charge in [-0.05, 0) is 6.92 Å². The van der Waals surface area contributed by atoms with Crippen molar-refractivity contribution >= 4 is 11.3 Å². The summed E-state index contributed by atoms with van der Waals surface area (Å²) >= 11 is 1.74. The first-order valence-corrected chi connectivity index (χ1v) is 4.05. The second-order valence-electron chi connectivity index (χ2n) is 2.09. The molecule has 1 heterocycles. The SMILES string of the molecule is COCCc1cnc(C)s1. The van der Waals surface area contributed by atoms with E-state index in [2.05, 4.69) is 4.98 Å². The summed E-state index contributed by atoms with van der Waals surface area (Å²) in [7, 11) is 1.72. The standard InChI is InChI=1S/C7H11NOS/c1-6-8-5-7(10-6)3-4-9-2/h5H,3-4H2,1-2H3. The molecule has 0 saturated heterocycles. The molecule has 0 spiro atoms. The third-order valence-corrected chi connectivity index (χ3v) is 2.19. The first-order chi connectivity index (χ1) is 4.83. The van der Waals surface area contributed by atoms with Crippen LogP contribution in [0.3, 0.4) is 0 Å². The van der Waals surface area contributed by atoms with Gasteiger partial charge in [-0.1, -0.05) is 0 Å². The predicted molar refractivity (Wildman–Crippen MR) is 42.4 cm³/mol.